The second-order valence-corrected chi connectivity index (χ2v) is 5.22. The molecule has 1 aromatic carbocycles. The Kier molecular flexibility index (Phi) is 3.17. The number of hydrogen-bond acceptors (Lipinski definition) is 1. The third kappa shape index (κ3) is 1.86. The summed E-state index contributed by atoms with van der Waals surface area (Å²) in [5, 5.41) is 1.23. The summed E-state index contributed by atoms with van der Waals surface area (Å²) < 4.78 is 0.542. The Morgan fingerprint density at radius 2 is 1.87 bits per heavy atom. The second-order valence-electron chi connectivity index (χ2n) is 2.87. The molecule has 15 heavy (non-hydrogen) atoms. The lowest BCUT2D eigenvalue weighted by molar-refractivity contribution is 1.36. The van der Waals surface area contributed by atoms with Gasteiger partial charge in [-0.3, -0.25) is 4.79 Å². The van der Waals surface area contributed by atoms with E-state index in [-0.39, 0.29) is 15.5 Å². The van der Waals surface area contributed by atoms with E-state index in [2.05, 4.69) is 4.98 Å². The molecule has 0 fully saturated rings. The zero-order chi connectivity index (χ0) is 11.2. The van der Waals surface area contributed by atoms with Crippen molar-refractivity contribution >= 4 is 68.3 Å². The minimum atomic E-state index is -0.168. The molecule has 0 aliphatic rings. The first-order valence-electron chi connectivity index (χ1n) is 3.86. The van der Waals surface area contributed by atoms with Crippen molar-refractivity contribution in [2.45, 2.75) is 0 Å². The largest absolute Gasteiger partial charge is 0.359 e. The molecule has 0 bridgehead atoms. The first-order valence-corrected chi connectivity index (χ1v) is 6.08. The molecular weight excluding hydrogens is 371 g/mol. The quantitative estimate of drug-likeness (QED) is 0.547. The number of rotatable bonds is 0. The van der Waals surface area contributed by atoms with Gasteiger partial charge >= 0.3 is 0 Å². The Bertz CT molecular complexity index is 608. The number of aromatic amines is 1. The minimum Gasteiger partial charge on any atom is -0.359 e. The zero-order valence-corrected chi connectivity index (χ0v) is 11.5. The van der Waals surface area contributed by atoms with Crippen molar-refractivity contribution in [1.82, 2.24) is 4.98 Å². The standard InChI is InChI=1S/C9H3Cl3INO/c10-3-1-4(11)8-6(7(3)12)9(15)5(13)2-14-8/h1-2H,(H,14,15). The van der Waals surface area contributed by atoms with E-state index in [0.29, 0.717) is 19.5 Å². The highest BCUT2D eigenvalue weighted by Gasteiger charge is 2.13. The molecule has 1 aromatic heterocycles. The maximum absolute atomic E-state index is 11.8. The monoisotopic (exact) mass is 373 g/mol. The smallest absolute Gasteiger partial charge is 0.204 e. The summed E-state index contributed by atoms with van der Waals surface area (Å²) in [4.78, 5) is 14.7. The third-order valence-electron chi connectivity index (χ3n) is 1.96. The molecular formula is C9H3Cl3INO. The van der Waals surface area contributed by atoms with E-state index >= 15 is 0 Å². The van der Waals surface area contributed by atoms with Gasteiger partial charge in [-0.05, 0) is 28.7 Å². The zero-order valence-electron chi connectivity index (χ0n) is 7.07. The molecule has 2 aromatic rings. The van der Waals surface area contributed by atoms with Crippen LogP contribution >= 0.6 is 57.4 Å². The summed E-state index contributed by atoms with van der Waals surface area (Å²) in [6, 6.07) is 1.51. The van der Waals surface area contributed by atoms with E-state index in [1.807, 2.05) is 22.6 Å². The minimum absolute atomic E-state index is 0.168. The van der Waals surface area contributed by atoms with Gasteiger partial charge in [-0.1, -0.05) is 34.8 Å². The predicted octanol–water partition coefficient (Wildman–Crippen LogP) is 4.09. The van der Waals surface area contributed by atoms with Gasteiger partial charge in [0.2, 0.25) is 5.43 Å². The van der Waals surface area contributed by atoms with Crippen LogP contribution in [0.3, 0.4) is 0 Å². The van der Waals surface area contributed by atoms with Crippen LogP contribution in [0.5, 0.6) is 0 Å². The average molecular weight is 374 g/mol. The van der Waals surface area contributed by atoms with E-state index in [1.54, 1.807) is 6.20 Å². The van der Waals surface area contributed by atoms with E-state index in [4.69, 9.17) is 34.8 Å². The van der Waals surface area contributed by atoms with Gasteiger partial charge in [-0.25, -0.2) is 0 Å². The fourth-order valence-electron chi connectivity index (χ4n) is 1.27. The maximum Gasteiger partial charge on any atom is 0.204 e. The highest BCUT2D eigenvalue weighted by molar-refractivity contribution is 14.1. The van der Waals surface area contributed by atoms with Gasteiger partial charge in [0, 0.05) is 6.20 Å². The SMILES string of the molecule is O=c1c(I)c[nH]c2c(Cl)cc(Cl)c(Cl)c12. The lowest BCUT2D eigenvalue weighted by atomic mass is 10.2. The van der Waals surface area contributed by atoms with Crippen molar-refractivity contribution in [1.29, 1.82) is 0 Å². The molecule has 1 N–H and O–H groups in total. The third-order valence-corrected chi connectivity index (χ3v) is 3.85. The van der Waals surface area contributed by atoms with Crippen LogP contribution in [-0.4, -0.2) is 4.98 Å². The van der Waals surface area contributed by atoms with E-state index < -0.39 is 0 Å². The number of H-pyrrole nitrogens is 1. The molecule has 0 atom stereocenters. The number of nitrogens with one attached hydrogen (secondary N) is 1. The Morgan fingerprint density at radius 3 is 2.53 bits per heavy atom. The first kappa shape index (κ1) is 11.5. The van der Waals surface area contributed by atoms with Crippen molar-refractivity contribution in [2.75, 3.05) is 0 Å². The molecule has 0 saturated heterocycles. The van der Waals surface area contributed by atoms with Crippen LogP contribution in [0.25, 0.3) is 10.9 Å². The van der Waals surface area contributed by atoms with Crippen molar-refractivity contribution in [3.8, 4) is 0 Å². The van der Waals surface area contributed by atoms with E-state index in [9.17, 15) is 4.79 Å². The van der Waals surface area contributed by atoms with Gasteiger partial charge < -0.3 is 4.98 Å². The molecule has 78 valence electrons. The molecule has 2 rings (SSSR count). The summed E-state index contributed by atoms with van der Waals surface area (Å²) in [6.07, 6.45) is 1.58. The van der Waals surface area contributed by atoms with Crippen molar-refractivity contribution in [3.63, 3.8) is 0 Å². The number of halogens is 4. The van der Waals surface area contributed by atoms with Gasteiger partial charge in [0.05, 0.1) is 29.5 Å². The fraction of sp³-hybridized carbons (Fsp3) is 0. The van der Waals surface area contributed by atoms with Crippen LogP contribution in [0.2, 0.25) is 15.1 Å². The van der Waals surface area contributed by atoms with Crippen LogP contribution in [0.1, 0.15) is 0 Å². The Morgan fingerprint density at radius 1 is 1.20 bits per heavy atom. The highest BCUT2D eigenvalue weighted by atomic mass is 127. The number of hydrogen-bond donors (Lipinski definition) is 1. The molecule has 0 spiro atoms. The summed E-state index contributed by atoms with van der Waals surface area (Å²) in [5.41, 5.74) is 0.343. The fourth-order valence-corrected chi connectivity index (χ4v) is 2.45. The summed E-state index contributed by atoms with van der Waals surface area (Å²) in [5.74, 6) is 0. The molecule has 1 heterocycles. The average Bonchev–Trinajstić information content (AvgIpc) is 2.19. The topological polar surface area (TPSA) is 32.9 Å². The first-order chi connectivity index (χ1) is 7.02. The van der Waals surface area contributed by atoms with E-state index in [1.165, 1.54) is 6.07 Å². The van der Waals surface area contributed by atoms with Crippen LogP contribution < -0.4 is 5.43 Å². The molecule has 0 radical (unpaired) electrons. The number of benzene rings is 1. The van der Waals surface area contributed by atoms with Crippen LogP contribution in [0, 0.1) is 3.57 Å². The van der Waals surface area contributed by atoms with Gasteiger partial charge in [0.25, 0.3) is 0 Å². The van der Waals surface area contributed by atoms with Crippen LogP contribution in [0.15, 0.2) is 17.1 Å². The predicted molar refractivity (Wildman–Crippen MR) is 72.3 cm³/mol. The second kappa shape index (κ2) is 4.13. The lowest BCUT2D eigenvalue weighted by Crippen LogP contribution is -2.07. The number of fused-ring (bicyclic) bond motifs is 1. The number of aromatic nitrogens is 1. The lowest BCUT2D eigenvalue weighted by Gasteiger charge is -2.04. The molecule has 0 saturated carbocycles. The van der Waals surface area contributed by atoms with Crippen molar-refractivity contribution in [2.24, 2.45) is 0 Å². The molecule has 0 aliphatic carbocycles. The molecule has 2 nitrogen and oxygen atoms in total. The van der Waals surface area contributed by atoms with Crippen LogP contribution in [0.4, 0.5) is 0 Å². The van der Waals surface area contributed by atoms with Gasteiger partial charge in [0.15, 0.2) is 0 Å². The normalized spacial score (nSPS) is 10.9. The summed E-state index contributed by atoms with van der Waals surface area (Å²) in [6.45, 7) is 0. The summed E-state index contributed by atoms with van der Waals surface area (Å²) >= 11 is 19.7. The molecule has 0 aliphatic heterocycles. The van der Waals surface area contributed by atoms with Gasteiger partial charge in [-0.2, -0.15) is 0 Å². The van der Waals surface area contributed by atoms with Gasteiger partial charge in [-0.15, -0.1) is 0 Å². The highest BCUT2D eigenvalue weighted by Crippen LogP contribution is 2.33. The van der Waals surface area contributed by atoms with E-state index in [0.717, 1.165) is 0 Å². The molecule has 0 unspecified atom stereocenters. The van der Waals surface area contributed by atoms with Gasteiger partial charge in [0.1, 0.15) is 0 Å². The number of pyridine rings is 1. The van der Waals surface area contributed by atoms with Crippen LogP contribution in [-0.2, 0) is 0 Å². The Labute approximate surface area is 114 Å². The summed E-state index contributed by atoms with van der Waals surface area (Å²) in [7, 11) is 0. The van der Waals surface area contributed by atoms with Crippen molar-refractivity contribution in [3.05, 3.63) is 41.1 Å². The maximum atomic E-state index is 11.8. The molecule has 0 amide bonds. The Hall–Kier alpha value is 0.0300. The Balaban J connectivity index is 3.12. The van der Waals surface area contributed by atoms with Crippen molar-refractivity contribution < 1.29 is 0 Å². The molecule has 6 heteroatoms.